The highest BCUT2D eigenvalue weighted by atomic mass is 32.2. The topological polar surface area (TPSA) is 167 Å². The van der Waals surface area contributed by atoms with Crippen LogP contribution in [0.5, 0.6) is 0 Å². The molecule has 4 aromatic rings. The zero-order valence-electron chi connectivity index (χ0n) is 24.2. The third-order valence-electron chi connectivity index (χ3n) is 7.25. The smallest absolute Gasteiger partial charge is 0.356 e. The summed E-state index contributed by atoms with van der Waals surface area (Å²) in [5.41, 5.74) is 6.83. The van der Waals surface area contributed by atoms with Crippen molar-refractivity contribution in [2.24, 2.45) is 7.05 Å². The zero-order valence-corrected chi connectivity index (χ0v) is 26.6. The van der Waals surface area contributed by atoms with Crippen LogP contribution in [-0.4, -0.2) is 77.6 Å². The molecule has 2 aromatic heterocycles. The molecule has 1 fully saturated rings. The van der Waals surface area contributed by atoms with Gasteiger partial charge in [-0.3, -0.25) is 14.5 Å². The molecule has 232 valence electrons. The van der Waals surface area contributed by atoms with Gasteiger partial charge in [-0.25, -0.2) is 14.5 Å². The fraction of sp³-hybridized carbons (Fsp3) is 0.276. The molecule has 0 unspecified atom stereocenters. The van der Waals surface area contributed by atoms with Gasteiger partial charge in [0.25, 0.3) is 11.6 Å². The van der Waals surface area contributed by atoms with E-state index in [1.807, 2.05) is 60.7 Å². The SMILES string of the molecule is CO[C@@]1(NC(=O)Cc2csc(N)n2)C(=O)N2C(C(=O)OC(c3ccccc3)c3ccccc3)=C(CSc3nnnn3C)CS[C@H]21. The van der Waals surface area contributed by atoms with E-state index in [9.17, 15) is 14.4 Å². The predicted molar refractivity (Wildman–Crippen MR) is 169 cm³/mol. The number of nitrogens with one attached hydrogen (secondary N) is 1. The largest absolute Gasteiger partial charge is 0.448 e. The number of carbonyl (C=O) groups is 3. The molecule has 0 bridgehead atoms. The number of amides is 2. The van der Waals surface area contributed by atoms with Gasteiger partial charge in [0.15, 0.2) is 11.2 Å². The van der Waals surface area contributed by atoms with E-state index in [0.29, 0.717) is 33.1 Å². The molecular weight excluding hydrogens is 637 g/mol. The first kappa shape index (κ1) is 30.8. The van der Waals surface area contributed by atoms with Crippen molar-refractivity contribution in [3.8, 4) is 0 Å². The Morgan fingerprint density at radius 2 is 1.84 bits per heavy atom. The number of nitrogens with zero attached hydrogens (tertiary/aromatic N) is 6. The first-order valence-corrected chi connectivity index (χ1v) is 16.6. The summed E-state index contributed by atoms with van der Waals surface area (Å²) in [6.07, 6.45) is -0.816. The number of hydrogen-bond acceptors (Lipinski definition) is 13. The van der Waals surface area contributed by atoms with E-state index in [1.54, 1.807) is 12.4 Å². The lowest BCUT2D eigenvalue weighted by Crippen LogP contribution is -2.80. The quantitative estimate of drug-likeness (QED) is 0.104. The Kier molecular flexibility index (Phi) is 8.89. The fourth-order valence-electron chi connectivity index (χ4n) is 5.10. The molecule has 13 nitrogen and oxygen atoms in total. The highest BCUT2D eigenvalue weighted by molar-refractivity contribution is 8.01. The van der Waals surface area contributed by atoms with Crippen LogP contribution in [0.3, 0.4) is 0 Å². The monoisotopic (exact) mass is 664 g/mol. The number of anilines is 1. The molecule has 4 heterocycles. The molecule has 2 atom stereocenters. The average molecular weight is 665 g/mol. The molecule has 2 amide bonds. The van der Waals surface area contributed by atoms with Crippen molar-refractivity contribution in [3.63, 3.8) is 0 Å². The van der Waals surface area contributed by atoms with Crippen molar-refractivity contribution in [2.45, 2.75) is 28.8 Å². The molecule has 3 N–H and O–H groups in total. The second-order valence-electron chi connectivity index (χ2n) is 10.1. The molecule has 0 saturated carbocycles. The molecule has 2 aromatic carbocycles. The standard InChI is InChI=1S/C29H28N8O5S3/c1-36-28(33-34-35-36)45-15-19-14-43-26-29(41-2,32-21(38)13-20-16-44-27(30)31-20)25(40)37(26)22(19)24(39)42-23(17-9-5-3-6-10-17)18-11-7-4-8-12-18/h3-12,16,23,26H,13-15H2,1-2H3,(H2,30,31)(H,32,38)/t26-,29-/m0/s1. The Bertz CT molecular complexity index is 1710. The summed E-state index contributed by atoms with van der Waals surface area (Å²) in [4.78, 5) is 46.7. The summed E-state index contributed by atoms with van der Waals surface area (Å²) < 4.78 is 13.4. The minimum atomic E-state index is -1.68. The number of thioether (sulfide) groups is 2. The number of nitrogens with two attached hydrogens (primary N) is 1. The first-order chi connectivity index (χ1) is 21.8. The van der Waals surface area contributed by atoms with Gasteiger partial charge in [-0.1, -0.05) is 72.4 Å². The van der Waals surface area contributed by atoms with Gasteiger partial charge in [-0.2, -0.15) is 0 Å². The Morgan fingerprint density at radius 3 is 2.42 bits per heavy atom. The molecule has 2 aliphatic rings. The van der Waals surface area contributed by atoms with Gasteiger partial charge in [-0.15, -0.1) is 28.2 Å². The number of carbonyl (C=O) groups excluding carboxylic acids is 3. The van der Waals surface area contributed by atoms with Crippen LogP contribution in [0, 0.1) is 0 Å². The van der Waals surface area contributed by atoms with Crippen LogP contribution in [0.4, 0.5) is 5.13 Å². The molecular formula is C29H28N8O5S3. The van der Waals surface area contributed by atoms with Crippen molar-refractivity contribution in [1.29, 1.82) is 0 Å². The molecule has 0 aliphatic carbocycles. The van der Waals surface area contributed by atoms with Gasteiger partial charge in [0.2, 0.25) is 11.1 Å². The maximum atomic E-state index is 14.2. The van der Waals surface area contributed by atoms with Crippen LogP contribution in [0.15, 0.2) is 82.5 Å². The normalized spacial score (nSPS) is 19.3. The van der Waals surface area contributed by atoms with E-state index in [1.165, 1.54) is 51.6 Å². The van der Waals surface area contributed by atoms with Gasteiger partial charge in [0, 0.05) is 31.0 Å². The van der Waals surface area contributed by atoms with Gasteiger partial charge in [-0.05, 0) is 27.1 Å². The number of esters is 1. The zero-order chi connectivity index (χ0) is 31.6. The van der Waals surface area contributed by atoms with Gasteiger partial charge >= 0.3 is 5.97 Å². The number of benzene rings is 2. The molecule has 1 saturated heterocycles. The number of tetrazole rings is 1. The number of aryl methyl sites for hydroxylation is 1. The van der Waals surface area contributed by atoms with Gasteiger partial charge in [0.05, 0.1) is 12.1 Å². The fourth-order valence-corrected chi connectivity index (χ4v) is 8.10. The summed E-state index contributed by atoms with van der Waals surface area (Å²) in [6.45, 7) is 0. The van der Waals surface area contributed by atoms with Crippen molar-refractivity contribution in [2.75, 3.05) is 24.3 Å². The third-order valence-corrected chi connectivity index (χ3v) is 10.4. The number of aromatic nitrogens is 5. The lowest BCUT2D eigenvalue weighted by atomic mass is 9.97. The number of thiazole rings is 1. The van der Waals surface area contributed by atoms with Crippen LogP contribution in [0.2, 0.25) is 0 Å². The lowest BCUT2D eigenvalue weighted by molar-refractivity contribution is -0.193. The van der Waals surface area contributed by atoms with Gasteiger partial charge in [0.1, 0.15) is 11.1 Å². The van der Waals surface area contributed by atoms with Crippen LogP contribution in [0.1, 0.15) is 22.9 Å². The molecule has 16 heteroatoms. The third kappa shape index (κ3) is 6.05. The minimum Gasteiger partial charge on any atom is -0.448 e. The van der Waals surface area contributed by atoms with Crippen LogP contribution in [0.25, 0.3) is 0 Å². The first-order valence-electron chi connectivity index (χ1n) is 13.7. The van der Waals surface area contributed by atoms with Crippen molar-refractivity contribution >= 4 is 57.8 Å². The number of nitrogen functional groups attached to an aromatic ring is 1. The van der Waals surface area contributed by atoms with Crippen LogP contribution >= 0.6 is 34.9 Å². The highest BCUT2D eigenvalue weighted by Crippen LogP contribution is 2.48. The number of β-lactam (4-membered cyclic amide) rings is 1. The van der Waals surface area contributed by atoms with E-state index < -0.39 is 35.0 Å². The van der Waals surface area contributed by atoms with E-state index in [2.05, 4.69) is 25.8 Å². The van der Waals surface area contributed by atoms with E-state index in [-0.39, 0.29) is 12.1 Å². The highest BCUT2D eigenvalue weighted by Gasteiger charge is 2.66. The Hall–Kier alpha value is -4.25. The number of methoxy groups -OCH3 is 1. The molecule has 45 heavy (non-hydrogen) atoms. The molecule has 0 radical (unpaired) electrons. The maximum absolute atomic E-state index is 14.2. The van der Waals surface area contributed by atoms with E-state index >= 15 is 0 Å². The van der Waals surface area contributed by atoms with Gasteiger partial charge < -0.3 is 20.5 Å². The summed E-state index contributed by atoms with van der Waals surface area (Å²) in [6, 6.07) is 18.8. The van der Waals surface area contributed by atoms with Crippen molar-refractivity contribution in [1.82, 2.24) is 35.4 Å². The summed E-state index contributed by atoms with van der Waals surface area (Å²) in [7, 11) is 3.07. The molecule has 6 rings (SSSR count). The number of fused-ring (bicyclic) bond motifs is 1. The summed E-state index contributed by atoms with van der Waals surface area (Å²) >= 11 is 3.93. The van der Waals surface area contributed by atoms with Crippen LogP contribution in [-0.2, 0) is 37.3 Å². The number of ether oxygens (including phenoxy) is 2. The van der Waals surface area contributed by atoms with E-state index in [0.717, 1.165) is 11.1 Å². The minimum absolute atomic E-state index is 0.0856. The number of hydrogen-bond donors (Lipinski definition) is 2. The molecule has 2 aliphatic heterocycles. The number of rotatable bonds is 11. The second kappa shape index (κ2) is 13.0. The Morgan fingerprint density at radius 1 is 1.16 bits per heavy atom. The second-order valence-corrected chi connectivity index (χ2v) is 13.0. The van der Waals surface area contributed by atoms with Crippen LogP contribution < -0.4 is 11.1 Å². The lowest BCUT2D eigenvalue weighted by Gasteiger charge is -2.56. The Balaban J connectivity index is 1.31. The summed E-state index contributed by atoms with van der Waals surface area (Å²) in [5, 5.41) is 16.2. The summed E-state index contributed by atoms with van der Waals surface area (Å²) in [5.74, 6) is -1.04. The van der Waals surface area contributed by atoms with Crippen molar-refractivity contribution in [3.05, 3.63) is 94.1 Å². The maximum Gasteiger partial charge on any atom is 0.356 e. The molecule has 0 spiro atoms. The van der Waals surface area contributed by atoms with E-state index in [4.69, 9.17) is 15.2 Å². The predicted octanol–water partition coefficient (Wildman–Crippen LogP) is 2.54. The Labute approximate surface area is 270 Å². The average Bonchev–Trinajstić information content (AvgIpc) is 3.67. The van der Waals surface area contributed by atoms with Crippen molar-refractivity contribution < 1.29 is 23.9 Å².